The molecule has 3 rings (SSSR count). The molecule has 3 aromatic carbocycles. The Morgan fingerprint density at radius 3 is 1.31 bits per heavy atom. The molecular formula is C24H27NO. The van der Waals surface area contributed by atoms with Gasteiger partial charge in [-0.3, -0.25) is 5.32 Å². The van der Waals surface area contributed by atoms with Gasteiger partial charge < -0.3 is 5.11 Å². The summed E-state index contributed by atoms with van der Waals surface area (Å²) >= 11 is 0. The van der Waals surface area contributed by atoms with Crippen LogP contribution in [0.15, 0.2) is 91.0 Å². The molecule has 0 aromatic heterocycles. The lowest BCUT2D eigenvalue weighted by Crippen LogP contribution is -2.52. The number of hydrogen-bond donors (Lipinski definition) is 2. The second-order valence-electron chi connectivity index (χ2n) is 7.03. The molecule has 0 fully saturated rings. The monoisotopic (exact) mass is 345 g/mol. The van der Waals surface area contributed by atoms with E-state index in [4.69, 9.17) is 0 Å². The quantitative estimate of drug-likeness (QED) is 0.614. The maximum atomic E-state index is 10.0. The first kappa shape index (κ1) is 18.4. The molecule has 2 N–H and O–H groups in total. The van der Waals surface area contributed by atoms with E-state index in [0.717, 1.165) is 16.7 Å². The SMILES string of the molecule is CC(C)[C@H](CO)NC(c1ccccc1)(c1ccccc1)c1ccccc1. The van der Waals surface area contributed by atoms with Crippen LogP contribution in [-0.2, 0) is 5.54 Å². The molecule has 3 aromatic rings. The van der Waals surface area contributed by atoms with Crippen LogP contribution in [0.1, 0.15) is 30.5 Å². The van der Waals surface area contributed by atoms with Crippen LogP contribution in [0.25, 0.3) is 0 Å². The molecule has 0 aliphatic heterocycles. The minimum atomic E-state index is -0.526. The maximum Gasteiger partial charge on any atom is 0.0950 e. The molecule has 0 saturated carbocycles. The van der Waals surface area contributed by atoms with Gasteiger partial charge in [-0.25, -0.2) is 0 Å². The van der Waals surface area contributed by atoms with Crippen LogP contribution in [0.5, 0.6) is 0 Å². The van der Waals surface area contributed by atoms with Crippen LogP contribution in [-0.4, -0.2) is 17.8 Å². The number of aliphatic hydroxyl groups is 1. The summed E-state index contributed by atoms with van der Waals surface area (Å²) in [4.78, 5) is 0. The minimum absolute atomic E-state index is 0.0318. The highest BCUT2D eigenvalue weighted by atomic mass is 16.3. The van der Waals surface area contributed by atoms with E-state index in [1.807, 2.05) is 18.2 Å². The average Bonchev–Trinajstić information content (AvgIpc) is 2.71. The molecule has 1 atom stereocenters. The fraction of sp³-hybridized carbons (Fsp3) is 0.250. The first-order valence-electron chi connectivity index (χ1n) is 9.23. The third kappa shape index (κ3) is 3.57. The summed E-state index contributed by atoms with van der Waals surface area (Å²) in [7, 11) is 0. The lowest BCUT2D eigenvalue weighted by Gasteiger charge is -2.41. The largest absolute Gasteiger partial charge is 0.395 e. The van der Waals surface area contributed by atoms with Crippen molar-refractivity contribution in [3.05, 3.63) is 108 Å². The van der Waals surface area contributed by atoms with Crippen molar-refractivity contribution in [2.75, 3.05) is 6.61 Å². The van der Waals surface area contributed by atoms with Gasteiger partial charge in [-0.05, 0) is 22.6 Å². The minimum Gasteiger partial charge on any atom is -0.395 e. The molecule has 0 heterocycles. The highest BCUT2D eigenvalue weighted by molar-refractivity contribution is 5.49. The summed E-state index contributed by atoms with van der Waals surface area (Å²) in [6.07, 6.45) is 0. The molecule has 0 spiro atoms. The molecule has 0 aliphatic carbocycles. The highest BCUT2D eigenvalue weighted by Gasteiger charge is 2.38. The number of benzene rings is 3. The van der Waals surface area contributed by atoms with Crippen molar-refractivity contribution in [3.8, 4) is 0 Å². The summed E-state index contributed by atoms with van der Waals surface area (Å²) in [5.41, 5.74) is 2.96. The fourth-order valence-electron chi connectivity index (χ4n) is 3.52. The maximum absolute atomic E-state index is 10.0. The normalized spacial score (nSPS) is 12.9. The van der Waals surface area contributed by atoms with Gasteiger partial charge in [-0.15, -0.1) is 0 Å². The predicted molar refractivity (Wildman–Crippen MR) is 108 cm³/mol. The fourth-order valence-corrected chi connectivity index (χ4v) is 3.52. The smallest absolute Gasteiger partial charge is 0.0950 e. The van der Waals surface area contributed by atoms with Gasteiger partial charge in [-0.2, -0.15) is 0 Å². The average molecular weight is 345 g/mol. The molecule has 0 radical (unpaired) electrons. The second kappa shape index (κ2) is 8.31. The van der Waals surface area contributed by atoms with Gasteiger partial charge in [0.1, 0.15) is 0 Å². The molecule has 0 aliphatic rings. The standard InChI is InChI=1S/C24H27NO/c1-19(2)23(18-26)25-24(20-12-6-3-7-13-20,21-14-8-4-9-15-21)22-16-10-5-11-17-22/h3-17,19,23,25-26H,18H2,1-2H3/t23-/m0/s1. The van der Waals surface area contributed by atoms with Gasteiger partial charge in [0.15, 0.2) is 0 Å². The zero-order valence-electron chi connectivity index (χ0n) is 15.5. The van der Waals surface area contributed by atoms with Crippen LogP contribution < -0.4 is 5.32 Å². The Morgan fingerprint density at radius 1 is 0.692 bits per heavy atom. The third-order valence-electron chi connectivity index (χ3n) is 5.02. The van der Waals surface area contributed by atoms with Crippen molar-refractivity contribution in [1.82, 2.24) is 5.32 Å². The van der Waals surface area contributed by atoms with E-state index < -0.39 is 5.54 Å². The number of nitrogens with one attached hydrogen (secondary N) is 1. The van der Waals surface area contributed by atoms with Crippen LogP contribution >= 0.6 is 0 Å². The summed E-state index contributed by atoms with van der Waals surface area (Å²) in [6.45, 7) is 4.37. The van der Waals surface area contributed by atoms with Crippen molar-refractivity contribution < 1.29 is 5.11 Å². The van der Waals surface area contributed by atoms with Gasteiger partial charge in [-0.1, -0.05) is 105 Å². The summed E-state index contributed by atoms with van der Waals surface area (Å²) in [6, 6.07) is 31.4. The third-order valence-corrected chi connectivity index (χ3v) is 5.02. The molecular weight excluding hydrogens is 318 g/mol. The van der Waals surface area contributed by atoms with Gasteiger partial charge in [0.2, 0.25) is 0 Å². The highest BCUT2D eigenvalue weighted by Crippen LogP contribution is 2.37. The lowest BCUT2D eigenvalue weighted by atomic mass is 9.76. The second-order valence-corrected chi connectivity index (χ2v) is 7.03. The van der Waals surface area contributed by atoms with Crippen LogP contribution in [0.3, 0.4) is 0 Å². The number of hydrogen-bond acceptors (Lipinski definition) is 2. The zero-order valence-corrected chi connectivity index (χ0v) is 15.5. The molecule has 2 nitrogen and oxygen atoms in total. The van der Waals surface area contributed by atoms with Gasteiger partial charge in [0, 0.05) is 6.04 Å². The van der Waals surface area contributed by atoms with Crippen molar-refractivity contribution in [1.29, 1.82) is 0 Å². The Bertz CT molecular complexity index is 688. The molecule has 134 valence electrons. The first-order valence-corrected chi connectivity index (χ1v) is 9.23. The van der Waals surface area contributed by atoms with E-state index in [1.54, 1.807) is 0 Å². The molecule has 0 saturated heterocycles. The molecule has 0 unspecified atom stereocenters. The Kier molecular flexibility index (Phi) is 5.87. The summed E-state index contributed by atoms with van der Waals surface area (Å²) in [5.74, 6) is 0.301. The lowest BCUT2D eigenvalue weighted by molar-refractivity contribution is 0.189. The van der Waals surface area contributed by atoms with E-state index in [2.05, 4.69) is 92.0 Å². The number of aliphatic hydroxyl groups excluding tert-OH is 1. The van der Waals surface area contributed by atoms with Crippen LogP contribution in [0.2, 0.25) is 0 Å². The van der Waals surface area contributed by atoms with Gasteiger partial charge in [0.05, 0.1) is 12.1 Å². The van der Waals surface area contributed by atoms with Gasteiger partial charge in [0.25, 0.3) is 0 Å². The Balaban J connectivity index is 2.28. The molecule has 2 heteroatoms. The molecule has 26 heavy (non-hydrogen) atoms. The van der Waals surface area contributed by atoms with E-state index in [1.165, 1.54) is 0 Å². The molecule has 0 amide bonds. The zero-order chi connectivity index (χ0) is 18.4. The van der Waals surface area contributed by atoms with Crippen LogP contribution in [0, 0.1) is 5.92 Å². The molecule has 0 bridgehead atoms. The van der Waals surface area contributed by atoms with E-state index in [0.29, 0.717) is 5.92 Å². The van der Waals surface area contributed by atoms with Gasteiger partial charge >= 0.3 is 0 Å². The van der Waals surface area contributed by atoms with Crippen molar-refractivity contribution >= 4 is 0 Å². The Hall–Kier alpha value is -2.42. The van der Waals surface area contributed by atoms with Crippen molar-refractivity contribution in [3.63, 3.8) is 0 Å². The van der Waals surface area contributed by atoms with Crippen molar-refractivity contribution in [2.45, 2.75) is 25.4 Å². The summed E-state index contributed by atoms with van der Waals surface area (Å²) < 4.78 is 0. The predicted octanol–water partition coefficient (Wildman–Crippen LogP) is 4.59. The van der Waals surface area contributed by atoms with E-state index in [9.17, 15) is 5.11 Å². The summed E-state index contributed by atoms with van der Waals surface area (Å²) in [5, 5.41) is 13.9. The Labute approximate surface area is 156 Å². The first-order chi connectivity index (χ1) is 12.7. The van der Waals surface area contributed by atoms with E-state index >= 15 is 0 Å². The van der Waals surface area contributed by atoms with E-state index in [-0.39, 0.29) is 12.6 Å². The Morgan fingerprint density at radius 2 is 1.04 bits per heavy atom. The topological polar surface area (TPSA) is 32.3 Å². The van der Waals surface area contributed by atoms with Crippen molar-refractivity contribution in [2.24, 2.45) is 5.92 Å². The number of rotatable bonds is 7. The van der Waals surface area contributed by atoms with Crippen LogP contribution in [0.4, 0.5) is 0 Å².